The Morgan fingerprint density at radius 3 is 2.57 bits per heavy atom. The Bertz CT molecular complexity index is 1300. The minimum atomic E-state index is -0.535. The molecule has 0 fully saturated rings. The number of nitrogens with zero attached hydrogens (tertiary/aromatic N) is 4. The molecule has 0 radical (unpaired) electrons. The summed E-state index contributed by atoms with van der Waals surface area (Å²) >= 11 is 0. The van der Waals surface area contributed by atoms with Crippen LogP contribution in [0.2, 0.25) is 0 Å². The number of hydrogen-bond donors (Lipinski definition) is 0. The van der Waals surface area contributed by atoms with E-state index in [-0.39, 0.29) is 12.2 Å². The van der Waals surface area contributed by atoms with Crippen molar-refractivity contribution in [2.45, 2.75) is 26.9 Å². The zero-order valence-corrected chi connectivity index (χ0v) is 15.6. The van der Waals surface area contributed by atoms with Crippen LogP contribution in [-0.4, -0.2) is 18.7 Å². The van der Waals surface area contributed by atoms with Crippen LogP contribution in [0.25, 0.3) is 16.9 Å². The van der Waals surface area contributed by atoms with Gasteiger partial charge in [0.1, 0.15) is 5.82 Å². The van der Waals surface area contributed by atoms with Gasteiger partial charge < -0.3 is 4.57 Å². The highest BCUT2D eigenvalue weighted by atomic mass is 19.1. The van der Waals surface area contributed by atoms with Gasteiger partial charge in [-0.25, -0.2) is 18.7 Å². The normalized spacial score (nSPS) is 11.2. The molecule has 4 aromatic rings. The summed E-state index contributed by atoms with van der Waals surface area (Å²) in [5.74, 6) is -0.467. The van der Waals surface area contributed by atoms with E-state index < -0.39 is 17.1 Å². The smallest absolute Gasteiger partial charge is 0.320 e. The Kier molecular flexibility index (Phi) is 4.43. The standard InChI is InChI=1S/C21H19FN4O2/c1-3-25-20(27)18-19(26(21(25)28)17-10-6-9-16(22)11-17)23-13-24(18)12-15-8-5-4-7-14(15)2/h4-11,13H,3,12H2,1-2H3. The molecule has 0 saturated heterocycles. The Balaban J connectivity index is 2.02. The van der Waals surface area contributed by atoms with Gasteiger partial charge >= 0.3 is 5.69 Å². The van der Waals surface area contributed by atoms with Crippen LogP contribution in [-0.2, 0) is 13.1 Å². The van der Waals surface area contributed by atoms with Crippen LogP contribution < -0.4 is 11.2 Å². The van der Waals surface area contributed by atoms with Crippen LogP contribution in [0.1, 0.15) is 18.1 Å². The summed E-state index contributed by atoms with van der Waals surface area (Å²) in [6, 6.07) is 13.6. The zero-order valence-electron chi connectivity index (χ0n) is 15.6. The minimum Gasteiger partial charge on any atom is -0.320 e. The van der Waals surface area contributed by atoms with Crippen LogP contribution in [0.3, 0.4) is 0 Å². The predicted octanol–water partition coefficient (Wildman–Crippen LogP) is 2.86. The number of hydrogen-bond acceptors (Lipinski definition) is 3. The van der Waals surface area contributed by atoms with E-state index in [0.29, 0.717) is 17.7 Å². The van der Waals surface area contributed by atoms with Crippen molar-refractivity contribution in [1.29, 1.82) is 0 Å². The number of rotatable bonds is 4. The van der Waals surface area contributed by atoms with Crippen molar-refractivity contribution in [1.82, 2.24) is 18.7 Å². The van der Waals surface area contributed by atoms with Crippen molar-refractivity contribution in [3.05, 3.63) is 92.6 Å². The fraction of sp³-hybridized carbons (Fsp3) is 0.190. The molecule has 2 heterocycles. The Morgan fingerprint density at radius 1 is 1.07 bits per heavy atom. The van der Waals surface area contributed by atoms with Gasteiger partial charge in [-0.15, -0.1) is 0 Å². The largest absolute Gasteiger partial charge is 0.337 e. The van der Waals surface area contributed by atoms with Crippen LogP contribution >= 0.6 is 0 Å². The third-order valence-corrected chi connectivity index (χ3v) is 4.88. The van der Waals surface area contributed by atoms with Crippen molar-refractivity contribution >= 4 is 11.2 Å². The van der Waals surface area contributed by atoms with E-state index in [1.54, 1.807) is 23.9 Å². The number of imidazole rings is 1. The quantitative estimate of drug-likeness (QED) is 0.549. The number of aromatic nitrogens is 4. The Hall–Kier alpha value is -3.48. The maximum atomic E-state index is 13.8. The zero-order chi connectivity index (χ0) is 19.8. The fourth-order valence-corrected chi connectivity index (χ4v) is 3.40. The molecule has 28 heavy (non-hydrogen) atoms. The lowest BCUT2D eigenvalue weighted by Gasteiger charge is -2.12. The number of aryl methyl sites for hydroxylation is 1. The van der Waals surface area contributed by atoms with Gasteiger partial charge in [0.25, 0.3) is 5.56 Å². The molecule has 0 amide bonds. The molecule has 0 spiro atoms. The lowest BCUT2D eigenvalue weighted by atomic mass is 10.1. The van der Waals surface area contributed by atoms with E-state index in [9.17, 15) is 14.0 Å². The SMILES string of the molecule is CCn1c(=O)c2c(ncn2Cc2ccccc2C)n(-c2cccc(F)c2)c1=O. The molecule has 2 aromatic carbocycles. The second-order valence-corrected chi connectivity index (χ2v) is 6.62. The third-order valence-electron chi connectivity index (χ3n) is 4.88. The molecule has 0 N–H and O–H groups in total. The first-order valence-electron chi connectivity index (χ1n) is 9.02. The molecule has 0 saturated carbocycles. The molecule has 142 valence electrons. The van der Waals surface area contributed by atoms with Gasteiger partial charge in [0.05, 0.1) is 12.0 Å². The maximum Gasteiger partial charge on any atom is 0.337 e. The molecule has 0 aliphatic heterocycles. The summed E-state index contributed by atoms with van der Waals surface area (Å²) in [5, 5.41) is 0. The molecule has 7 heteroatoms. The Morgan fingerprint density at radius 2 is 1.86 bits per heavy atom. The first-order chi connectivity index (χ1) is 13.5. The van der Waals surface area contributed by atoms with E-state index >= 15 is 0 Å². The van der Waals surface area contributed by atoms with Crippen LogP contribution in [0, 0.1) is 12.7 Å². The van der Waals surface area contributed by atoms with Crippen molar-refractivity contribution in [3.63, 3.8) is 0 Å². The first-order valence-corrected chi connectivity index (χ1v) is 9.02. The van der Waals surface area contributed by atoms with E-state index in [1.165, 1.54) is 22.8 Å². The van der Waals surface area contributed by atoms with Gasteiger partial charge in [-0.2, -0.15) is 0 Å². The topological polar surface area (TPSA) is 61.8 Å². The van der Waals surface area contributed by atoms with Crippen LogP contribution in [0.15, 0.2) is 64.4 Å². The molecule has 0 unspecified atom stereocenters. The first kappa shape index (κ1) is 17.9. The molecule has 0 aliphatic carbocycles. The van der Waals surface area contributed by atoms with E-state index in [1.807, 2.05) is 31.2 Å². The highest BCUT2D eigenvalue weighted by Crippen LogP contribution is 2.16. The third kappa shape index (κ3) is 2.85. The average molecular weight is 378 g/mol. The average Bonchev–Trinajstić information content (AvgIpc) is 3.08. The molecule has 4 rings (SSSR count). The molecular weight excluding hydrogens is 359 g/mol. The molecule has 0 bridgehead atoms. The monoisotopic (exact) mass is 378 g/mol. The number of halogens is 1. The lowest BCUT2D eigenvalue weighted by molar-refractivity contribution is 0.623. The van der Waals surface area contributed by atoms with Crippen molar-refractivity contribution < 1.29 is 4.39 Å². The van der Waals surface area contributed by atoms with Gasteiger partial charge in [-0.05, 0) is 43.2 Å². The second-order valence-electron chi connectivity index (χ2n) is 6.62. The van der Waals surface area contributed by atoms with E-state index in [0.717, 1.165) is 15.7 Å². The van der Waals surface area contributed by atoms with E-state index in [4.69, 9.17) is 0 Å². The minimum absolute atomic E-state index is 0.207. The van der Waals surface area contributed by atoms with Gasteiger partial charge in [0.15, 0.2) is 11.2 Å². The summed E-state index contributed by atoms with van der Waals surface area (Å²) in [5.41, 5.74) is 2.07. The summed E-state index contributed by atoms with van der Waals surface area (Å²) in [6.07, 6.45) is 1.55. The number of benzene rings is 2. The summed E-state index contributed by atoms with van der Waals surface area (Å²) in [4.78, 5) is 30.3. The summed E-state index contributed by atoms with van der Waals surface area (Å²) in [7, 11) is 0. The van der Waals surface area contributed by atoms with Crippen LogP contribution in [0.5, 0.6) is 0 Å². The van der Waals surface area contributed by atoms with Gasteiger partial charge in [0.2, 0.25) is 0 Å². The highest BCUT2D eigenvalue weighted by Gasteiger charge is 2.19. The lowest BCUT2D eigenvalue weighted by Crippen LogP contribution is -2.39. The predicted molar refractivity (Wildman–Crippen MR) is 106 cm³/mol. The molecule has 2 aromatic heterocycles. The van der Waals surface area contributed by atoms with Crippen molar-refractivity contribution in [2.75, 3.05) is 0 Å². The summed E-state index contributed by atoms with van der Waals surface area (Å²) < 4.78 is 17.9. The molecule has 6 nitrogen and oxygen atoms in total. The van der Waals surface area contributed by atoms with Crippen molar-refractivity contribution in [3.8, 4) is 5.69 Å². The van der Waals surface area contributed by atoms with Crippen molar-refractivity contribution in [2.24, 2.45) is 0 Å². The summed E-state index contributed by atoms with van der Waals surface area (Å²) in [6.45, 7) is 4.38. The second kappa shape index (κ2) is 6.92. The van der Waals surface area contributed by atoms with Gasteiger partial charge in [0, 0.05) is 13.1 Å². The Labute approximate surface area is 160 Å². The van der Waals surface area contributed by atoms with E-state index in [2.05, 4.69) is 4.98 Å². The van der Waals surface area contributed by atoms with Gasteiger partial charge in [-0.3, -0.25) is 9.36 Å². The molecule has 0 aliphatic rings. The fourth-order valence-electron chi connectivity index (χ4n) is 3.40. The number of fused-ring (bicyclic) bond motifs is 1. The highest BCUT2D eigenvalue weighted by molar-refractivity contribution is 5.72. The molecular formula is C21H19FN4O2. The molecule has 0 atom stereocenters. The van der Waals surface area contributed by atoms with Crippen LogP contribution in [0.4, 0.5) is 4.39 Å². The maximum absolute atomic E-state index is 13.8. The van der Waals surface area contributed by atoms with Gasteiger partial charge in [-0.1, -0.05) is 30.3 Å².